The normalized spacial score (nSPS) is 14.1. The van der Waals surface area contributed by atoms with Gasteiger partial charge in [-0.05, 0) is 60.6 Å². The van der Waals surface area contributed by atoms with Gasteiger partial charge in [0.1, 0.15) is 0 Å². The van der Waals surface area contributed by atoms with Crippen LogP contribution in [-0.2, 0) is 28.4 Å². The Kier molecular flexibility index (Phi) is 3.49. The highest BCUT2D eigenvalue weighted by Gasteiger charge is 2.20. The third-order valence-electron chi connectivity index (χ3n) is 4.02. The van der Waals surface area contributed by atoms with Crippen LogP contribution in [0.3, 0.4) is 0 Å². The van der Waals surface area contributed by atoms with Crippen LogP contribution in [0.1, 0.15) is 28.7 Å². The molecule has 4 heteroatoms. The van der Waals surface area contributed by atoms with Crippen LogP contribution in [0, 0.1) is 6.92 Å². The third-order valence-corrected chi connectivity index (χ3v) is 5.78. The molecule has 0 bridgehead atoms. The molecule has 3 nitrogen and oxygen atoms in total. The van der Waals surface area contributed by atoms with Gasteiger partial charge in [-0.3, -0.25) is 0 Å². The van der Waals surface area contributed by atoms with Crippen LogP contribution in [0.4, 0.5) is 5.69 Å². The van der Waals surface area contributed by atoms with Gasteiger partial charge in [0.05, 0.1) is 16.3 Å². The average Bonchev–Trinajstić information content (AvgIpc) is 2.85. The summed E-state index contributed by atoms with van der Waals surface area (Å²) in [5, 5.41) is 0. The predicted octanol–water partition coefficient (Wildman–Crippen LogP) is 3.04. The SMILES string of the molecule is Cc1ccc(S(=O)(=O)Cc2ccc3c(c2)CCC3)c(N)c1. The van der Waals surface area contributed by atoms with Crippen molar-refractivity contribution in [3.63, 3.8) is 0 Å². The second kappa shape index (κ2) is 5.19. The quantitative estimate of drug-likeness (QED) is 0.886. The summed E-state index contributed by atoms with van der Waals surface area (Å²) in [5.74, 6) is 0.00748. The molecule has 0 saturated carbocycles. The molecule has 0 saturated heterocycles. The number of nitrogens with two attached hydrogens (primary N) is 1. The minimum absolute atomic E-state index is 0.00748. The summed E-state index contributed by atoms with van der Waals surface area (Å²) >= 11 is 0. The number of nitrogen functional groups attached to an aromatic ring is 1. The van der Waals surface area contributed by atoms with E-state index in [1.54, 1.807) is 18.2 Å². The van der Waals surface area contributed by atoms with Gasteiger partial charge in [0.2, 0.25) is 0 Å². The Morgan fingerprint density at radius 1 is 1.05 bits per heavy atom. The fourth-order valence-corrected chi connectivity index (χ4v) is 4.43. The lowest BCUT2D eigenvalue weighted by Gasteiger charge is -2.09. The van der Waals surface area contributed by atoms with Gasteiger partial charge in [-0.2, -0.15) is 0 Å². The van der Waals surface area contributed by atoms with Crippen LogP contribution in [0.5, 0.6) is 0 Å². The first kappa shape index (κ1) is 14.1. The Morgan fingerprint density at radius 2 is 1.81 bits per heavy atom. The Balaban J connectivity index is 1.92. The van der Waals surface area contributed by atoms with E-state index in [0.717, 1.165) is 30.4 Å². The van der Waals surface area contributed by atoms with E-state index in [0.29, 0.717) is 5.69 Å². The van der Waals surface area contributed by atoms with Gasteiger partial charge in [0.15, 0.2) is 9.84 Å². The van der Waals surface area contributed by atoms with E-state index in [4.69, 9.17) is 5.73 Å². The maximum atomic E-state index is 12.6. The van der Waals surface area contributed by atoms with Crippen LogP contribution < -0.4 is 5.73 Å². The first-order valence-corrected chi connectivity index (χ1v) is 8.80. The van der Waals surface area contributed by atoms with E-state index >= 15 is 0 Å². The number of hydrogen-bond acceptors (Lipinski definition) is 3. The Morgan fingerprint density at radius 3 is 2.57 bits per heavy atom. The summed E-state index contributed by atoms with van der Waals surface area (Å²) < 4.78 is 25.1. The smallest absolute Gasteiger partial charge is 0.184 e. The van der Waals surface area contributed by atoms with E-state index < -0.39 is 9.84 Å². The molecular formula is C17H19NO2S. The number of hydrogen-bond donors (Lipinski definition) is 1. The molecule has 0 fully saturated rings. The first-order chi connectivity index (χ1) is 9.95. The lowest BCUT2D eigenvalue weighted by Crippen LogP contribution is -2.08. The zero-order chi connectivity index (χ0) is 15.0. The van der Waals surface area contributed by atoms with E-state index in [2.05, 4.69) is 6.07 Å². The minimum atomic E-state index is -3.40. The Hall–Kier alpha value is -1.81. The van der Waals surface area contributed by atoms with Crippen LogP contribution in [0.2, 0.25) is 0 Å². The van der Waals surface area contributed by atoms with Crippen molar-refractivity contribution in [3.8, 4) is 0 Å². The van der Waals surface area contributed by atoms with E-state index in [1.807, 2.05) is 19.1 Å². The second-order valence-corrected chi connectivity index (χ2v) is 7.71. The number of sulfone groups is 1. The zero-order valence-corrected chi connectivity index (χ0v) is 12.9. The van der Waals surface area contributed by atoms with Crippen molar-refractivity contribution in [2.75, 3.05) is 5.73 Å². The molecule has 2 N–H and O–H groups in total. The summed E-state index contributed by atoms with van der Waals surface area (Å²) in [5.41, 5.74) is 10.7. The van der Waals surface area contributed by atoms with Crippen LogP contribution in [0.25, 0.3) is 0 Å². The summed E-state index contributed by atoms with van der Waals surface area (Å²) in [4.78, 5) is 0.230. The van der Waals surface area contributed by atoms with Gasteiger partial charge in [-0.15, -0.1) is 0 Å². The fraction of sp³-hybridized carbons (Fsp3) is 0.294. The maximum Gasteiger partial charge on any atom is 0.184 e. The van der Waals surface area contributed by atoms with Gasteiger partial charge in [-0.25, -0.2) is 8.42 Å². The summed E-state index contributed by atoms with van der Waals surface area (Å²) in [6.45, 7) is 1.90. The molecule has 110 valence electrons. The predicted molar refractivity (Wildman–Crippen MR) is 84.9 cm³/mol. The lowest BCUT2D eigenvalue weighted by atomic mass is 10.1. The van der Waals surface area contributed by atoms with Gasteiger partial charge in [0, 0.05) is 0 Å². The number of fused-ring (bicyclic) bond motifs is 1. The molecule has 2 aromatic carbocycles. The molecule has 1 aliphatic rings. The molecule has 2 aromatic rings. The molecule has 0 heterocycles. The number of aryl methyl sites for hydroxylation is 3. The molecule has 0 atom stereocenters. The molecule has 0 unspecified atom stereocenters. The van der Waals surface area contributed by atoms with Crippen molar-refractivity contribution in [2.45, 2.75) is 36.8 Å². The third kappa shape index (κ3) is 2.81. The van der Waals surface area contributed by atoms with Crippen LogP contribution in [0.15, 0.2) is 41.3 Å². The highest BCUT2D eigenvalue weighted by atomic mass is 32.2. The molecule has 1 aliphatic carbocycles. The molecule has 0 radical (unpaired) electrons. The van der Waals surface area contributed by atoms with Crippen molar-refractivity contribution in [2.24, 2.45) is 0 Å². The van der Waals surface area contributed by atoms with Crippen molar-refractivity contribution in [3.05, 3.63) is 58.7 Å². The average molecular weight is 301 g/mol. The largest absolute Gasteiger partial charge is 0.398 e. The monoisotopic (exact) mass is 301 g/mol. The Labute approximate surface area is 125 Å². The number of benzene rings is 2. The zero-order valence-electron chi connectivity index (χ0n) is 12.1. The minimum Gasteiger partial charge on any atom is -0.398 e. The van der Waals surface area contributed by atoms with Crippen LogP contribution in [-0.4, -0.2) is 8.42 Å². The molecule has 0 spiro atoms. The van der Waals surface area contributed by atoms with Gasteiger partial charge in [0.25, 0.3) is 0 Å². The molecular weight excluding hydrogens is 282 g/mol. The van der Waals surface area contributed by atoms with Crippen molar-refractivity contribution < 1.29 is 8.42 Å². The maximum absolute atomic E-state index is 12.6. The lowest BCUT2D eigenvalue weighted by molar-refractivity contribution is 0.595. The van der Waals surface area contributed by atoms with Crippen LogP contribution >= 0.6 is 0 Å². The van der Waals surface area contributed by atoms with Gasteiger partial charge in [-0.1, -0.05) is 24.3 Å². The molecule has 21 heavy (non-hydrogen) atoms. The highest BCUT2D eigenvalue weighted by Crippen LogP contribution is 2.27. The standard InChI is InChI=1S/C17H19NO2S/c1-12-5-8-17(16(18)9-12)21(19,20)11-13-6-7-14-3-2-4-15(14)10-13/h5-10H,2-4,11,18H2,1H3. The highest BCUT2D eigenvalue weighted by molar-refractivity contribution is 7.90. The summed E-state index contributed by atoms with van der Waals surface area (Å²) in [7, 11) is -3.40. The molecule has 3 rings (SSSR count). The van der Waals surface area contributed by atoms with Gasteiger partial charge < -0.3 is 5.73 Å². The molecule has 0 aromatic heterocycles. The van der Waals surface area contributed by atoms with E-state index in [1.165, 1.54) is 11.1 Å². The Bertz CT molecular complexity index is 794. The van der Waals surface area contributed by atoms with Crippen molar-refractivity contribution >= 4 is 15.5 Å². The topological polar surface area (TPSA) is 60.2 Å². The molecule has 0 amide bonds. The van der Waals surface area contributed by atoms with Crippen molar-refractivity contribution in [1.82, 2.24) is 0 Å². The fourth-order valence-electron chi connectivity index (χ4n) is 2.96. The van der Waals surface area contributed by atoms with Crippen molar-refractivity contribution in [1.29, 1.82) is 0 Å². The second-order valence-electron chi connectivity index (χ2n) is 5.76. The first-order valence-electron chi connectivity index (χ1n) is 7.15. The molecule has 0 aliphatic heterocycles. The summed E-state index contributed by atoms with van der Waals surface area (Å²) in [6, 6.07) is 11.1. The number of anilines is 1. The van der Waals surface area contributed by atoms with E-state index in [9.17, 15) is 8.42 Å². The van der Waals surface area contributed by atoms with Gasteiger partial charge >= 0.3 is 0 Å². The van der Waals surface area contributed by atoms with E-state index in [-0.39, 0.29) is 10.6 Å². The summed E-state index contributed by atoms with van der Waals surface area (Å²) in [6.07, 6.45) is 3.32. The number of rotatable bonds is 3.